The Balaban J connectivity index is 1.64. The molecule has 267 valence electrons. The Morgan fingerprint density at radius 2 is 1.86 bits per heavy atom. The third-order valence-electron chi connectivity index (χ3n) is 12.4. The quantitative estimate of drug-likeness (QED) is 0.0823. The standard InChI is InChI=1S/C35H49BN3O10/c1-18-21(48-30(44)26(42)25(38-36-16-40)20-11-9-8-10-12-20)14-35(46)19(2)28-33(5)15-47-23(33)13-22(41)34(28,6)29(43)27(24(18)32(35,3)4)49-31(45)39(7)17-37/h8-12,16,19,21-23,25-28,38,41-42,46H,13-15,17,37H2,1-7H3/t19-,21-,22-,23+,25-,26+,27+,28+,33+,34+,35+/m0/s1. The van der Waals surface area contributed by atoms with E-state index in [1.54, 1.807) is 58.0 Å². The van der Waals surface area contributed by atoms with Crippen molar-refractivity contribution < 1.29 is 48.7 Å². The van der Waals surface area contributed by atoms with Crippen LogP contribution in [0, 0.1) is 28.1 Å². The molecular weight excluding hydrogens is 633 g/mol. The molecule has 14 heteroatoms. The van der Waals surface area contributed by atoms with Crippen molar-refractivity contribution in [2.24, 2.45) is 33.8 Å². The fraction of sp³-hybridized carbons (Fsp3) is 0.657. The lowest BCUT2D eigenvalue weighted by atomic mass is 9.40. The van der Waals surface area contributed by atoms with Crippen LogP contribution in [0.4, 0.5) is 4.79 Å². The van der Waals surface area contributed by atoms with Crippen LogP contribution in [0.3, 0.4) is 0 Å². The van der Waals surface area contributed by atoms with E-state index in [4.69, 9.17) is 19.9 Å². The zero-order chi connectivity index (χ0) is 36.3. The Bertz CT molecular complexity index is 1510. The first kappa shape index (κ1) is 37.1. The van der Waals surface area contributed by atoms with Gasteiger partial charge in [0, 0.05) is 30.7 Å². The maximum absolute atomic E-state index is 15.1. The molecule has 1 amide bonds. The first-order chi connectivity index (χ1) is 22.9. The zero-order valence-corrected chi connectivity index (χ0v) is 29.2. The third-order valence-corrected chi connectivity index (χ3v) is 12.4. The summed E-state index contributed by atoms with van der Waals surface area (Å²) in [6, 6.07) is 7.54. The molecule has 1 aromatic rings. The van der Waals surface area contributed by atoms with E-state index in [1.807, 2.05) is 13.8 Å². The number of benzene rings is 1. The summed E-state index contributed by atoms with van der Waals surface area (Å²) in [6.45, 7) is 10.8. The number of nitrogens with zero attached hydrogens (tertiary/aromatic N) is 1. The number of aliphatic hydroxyl groups excluding tert-OH is 2. The van der Waals surface area contributed by atoms with E-state index < -0.39 is 82.0 Å². The van der Waals surface area contributed by atoms with Crippen molar-refractivity contribution in [3.8, 4) is 0 Å². The van der Waals surface area contributed by atoms with Gasteiger partial charge in [0.2, 0.25) is 0 Å². The van der Waals surface area contributed by atoms with Crippen LogP contribution in [0.25, 0.3) is 0 Å². The van der Waals surface area contributed by atoms with E-state index in [0.717, 1.165) is 12.3 Å². The minimum absolute atomic E-state index is 0.110. The van der Waals surface area contributed by atoms with Crippen molar-refractivity contribution in [2.75, 3.05) is 20.3 Å². The molecule has 1 radical (unpaired) electrons. The second-order valence-electron chi connectivity index (χ2n) is 15.2. The molecule has 5 rings (SSSR count). The zero-order valence-electron chi connectivity index (χ0n) is 29.2. The SMILES string of the molecule is CC1=C2[C@@H](OC(=O)N(C)CN)C(=O)[C@@]3(C)[C@H]([C@H](C)[C@](O)(C[C@@H]1OC(=O)[C@H](O)[C@@H](N[B]C=O)c1ccccc1)C2(C)C)[C@]1(C)CO[C@@H]1C[C@@H]3O. The monoisotopic (exact) mass is 682 g/mol. The highest BCUT2D eigenvalue weighted by Crippen LogP contribution is 2.67. The Morgan fingerprint density at radius 1 is 1.20 bits per heavy atom. The molecule has 3 aliphatic carbocycles. The smallest absolute Gasteiger partial charge is 0.411 e. The molecular formula is C35H49BN3O10. The largest absolute Gasteiger partial charge is 0.456 e. The van der Waals surface area contributed by atoms with Crippen LogP contribution >= 0.6 is 0 Å². The molecule has 1 heterocycles. The van der Waals surface area contributed by atoms with Gasteiger partial charge in [0.25, 0.3) is 7.41 Å². The molecule has 6 N–H and O–H groups in total. The van der Waals surface area contributed by atoms with Crippen LogP contribution in [0.1, 0.15) is 66.0 Å². The summed E-state index contributed by atoms with van der Waals surface area (Å²) in [4.78, 5) is 54.4. The van der Waals surface area contributed by atoms with Gasteiger partial charge in [-0.25, -0.2) is 9.59 Å². The number of esters is 1. The molecule has 1 aromatic carbocycles. The van der Waals surface area contributed by atoms with Gasteiger partial charge in [0.15, 0.2) is 18.0 Å². The Labute approximate surface area is 287 Å². The molecule has 0 aromatic heterocycles. The summed E-state index contributed by atoms with van der Waals surface area (Å²) in [5.74, 6) is -2.87. The number of Topliss-reactive ketones (excluding diaryl/α,β-unsaturated/α-hetero) is 1. The van der Waals surface area contributed by atoms with Gasteiger partial charge in [-0.2, -0.15) is 0 Å². The number of aliphatic hydroxyl groups is 3. The summed E-state index contributed by atoms with van der Waals surface area (Å²) in [6.07, 6.45) is -6.34. The number of hydrogen-bond acceptors (Lipinski definition) is 12. The summed E-state index contributed by atoms with van der Waals surface area (Å²) in [7, 11) is 2.49. The van der Waals surface area contributed by atoms with Gasteiger partial charge in [-0.15, -0.1) is 0 Å². The highest BCUT2D eigenvalue weighted by Gasteiger charge is 2.73. The number of amides is 1. The highest BCUT2D eigenvalue weighted by molar-refractivity contribution is 6.64. The van der Waals surface area contributed by atoms with Gasteiger partial charge < -0.3 is 45.3 Å². The number of carbonyl (C=O) groups excluding carboxylic acids is 4. The van der Waals surface area contributed by atoms with E-state index in [0.29, 0.717) is 23.9 Å². The van der Waals surface area contributed by atoms with Crippen molar-refractivity contribution in [1.29, 1.82) is 0 Å². The van der Waals surface area contributed by atoms with Crippen molar-refractivity contribution in [2.45, 2.75) is 96.5 Å². The molecule has 2 bridgehead atoms. The summed E-state index contributed by atoms with van der Waals surface area (Å²) >= 11 is 0. The Morgan fingerprint density at radius 3 is 2.43 bits per heavy atom. The number of carbonyl (C=O) groups is 4. The summed E-state index contributed by atoms with van der Waals surface area (Å²) in [5.41, 5.74) is 1.90. The van der Waals surface area contributed by atoms with E-state index >= 15 is 4.79 Å². The molecule has 3 fully saturated rings. The van der Waals surface area contributed by atoms with Crippen LogP contribution in [-0.4, -0.2) is 108 Å². The average molecular weight is 683 g/mol. The second kappa shape index (κ2) is 13.2. The first-order valence-electron chi connectivity index (χ1n) is 16.8. The maximum Gasteiger partial charge on any atom is 0.411 e. The van der Waals surface area contributed by atoms with Gasteiger partial charge in [0.1, 0.15) is 6.10 Å². The van der Waals surface area contributed by atoms with E-state index in [9.17, 15) is 29.7 Å². The number of nitrogens with one attached hydrogen (secondary N) is 1. The van der Waals surface area contributed by atoms with Crippen LogP contribution in [0.2, 0.25) is 0 Å². The number of hydrogen-bond donors (Lipinski definition) is 5. The van der Waals surface area contributed by atoms with Crippen molar-refractivity contribution >= 4 is 31.4 Å². The average Bonchev–Trinajstić information content (AvgIpc) is 3.06. The van der Waals surface area contributed by atoms with Crippen molar-refractivity contribution in [3.05, 3.63) is 47.0 Å². The Hall–Kier alpha value is -3.14. The molecule has 0 spiro atoms. The van der Waals surface area contributed by atoms with Crippen molar-refractivity contribution in [1.82, 2.24) is 10.1 Å². The maximum atomic E-state index is 15.1. The van der Waals surface area contributed by atoms with Gasteiger partial charge in [0.05, 0.1) is 48.7 Å². The fourth-order valence-electron chi connectivity index (χ4n) is 9.44. The van der Waals surface area contributed by atoms with Crippen LogP contribution in [0.15, 0.2) is 41.5 Å². The molecule has 13 nitrogen and oxygen atoms in total. The lowest BCUT2D eigenvalue weighted by molar-refractivity contribution is -0.302. The van der Waals surface area contributed by atoms with Crippen molar-refractivity contribution in [3.63, 3.8) is 0 Å². The lowest BCUT2D eigenvalue weighted by Crippen LogP contribution is -2.75. The number of fused-ring (bicyclic) bond motifs is 5. The Kier molecular flexibility index (Phi) is 10.0. The van der Waals surface area contributed by atoms with Crippen LogP contribution in [0.5, 0.6) is 0 Å². The van der Waals surface area contributed by atoms with E-state index in [1.165, 1.54) is 7.05 Å². The third kappa shape index (κ3) is 5.64. The fourth-order valence-corrected chi connectivity index (χ4v) is 9.44. The molecule has 49 heavy (non-hydrogen) atoms. The van der Waals surface area contributed by atoms with Crippen LogP contribution in [-0.2, 0) is 28.6 Å². The minimum atomic E-state index is -1.78. The topological polar surface area (TPSA) is 198 Å². The molecule has 0 unspecified atom stereocenters. The molecule has 11 atom stereocenters. The summed E-state index contributed by atoms with van der Waals surface area (Å²) in [5, 5.41) is 38.8. The van der Waals surface area contributed by atoms with E-state index in [2.05, 4.69) is 5.23 Å². The van der Waals surface area contributed by atoms with Gasteiger partial charge in [-0.3, -0.25) is 9.69 Å². The normalized spacial score (nSPS) is 37.6. The van der Waals surface area contributed by atoms with Gasteiger partial charge in [-0.05, 0) is 42.4 Å². The van der Waals surface area contributed by atoms with Gasteiger partial charge >= 0.3 is 12.1 Å². The number of ketones is 1. The number of nitrogens with two attached hydrogens (primary N) is 1. The van der Waals surface area contributed by atoms with Gasteiger partial charge in [-0.1, -0.05) is 58.0 Å². The lowest BCUT2D eigenvalue weighted by Gasteiger charge is -2.68. The molecule has 4 aliphatic rings. The number of rotatable bonds is 9. The van der Waals surface area contributed by atoms with E-state index in [-0.39, 0.29) is 31.2 Å². The predicted octanol–water partition coefficient (Wildman–Crippen LogP) is 1.24. The predicted molar refractivity (Wildman–Crippen MR) is 178 cm³/mol. The molecule has 2 saturated carbocycles. The minimum Gasteiger partial charge on any atom is -0.456 e. The number of ether oxygens (including phenoxy) is 3. The van der Waals surface area contributed by atoms with Crippen LogP contribution < -0.4 is 11.0 Å². The summed E-state index contributed by atoms with van der Waals surface area (Å²) < 4.78 is 17.9. The first-order valence-corrected chi connectivity index (χ1v) is 16.8. The molecule has 1 saturated heterocycles. The second-order valence-corrected chi connectivity index (χ2v) is 15.2. The highest BCUT2D eigenvalue weighted by atomic mass is 16.6. The molecule has 1 aliphatic heterocycles.